The van der Waals surface area contributed by atoms with Crippen molar-refractivity contribution in [2.24, 2.45) is 0 Å². The molecule has 3 aromatic rings. The lowest BCUT2D eigenvalue weighted by Crippen LogP contribution is -2.49. The van der Waals surface area contributed by atoms with Crippen LogP contribution in [0.2, 0.25) is 0 Å². The number of tetrazole rings is 1. The van der Waals surface area contributed by atoms with Crippen molar-refractivity contribution < 1.29 is 14.3 Å². The molecule has 1 aromatic heterocycles. The second-order valence-electron chi connectivity index (χ2n) is 9.10. The van der Waals surface area contributed by atoms with Crippen LogP contribution in [0.25, 0.3) is 5.69 Å². The fourth-order valence-corrected chi connectivity index (χ4v) is 5.00. The van der Waals surface area contributed by atoms with Crippen LogP contribution in [0.3, 0.4) is 0 Å². The highest BCUT2D eigenvalue weighted by Gasteiger charge is 2.23. The van der Waals surface area contributed by atoms with Crippen molar-refractivity contribution in [2.75, 3.05) is 32.7 Å². The Morgan fingerprint density at radius 3 is 2.57 bits per heavy atom. The van der Waals surface area contributed by atoms with Gasteiger partial charge < -0.3 is 9.64 Å². The average molecular weight is 475 g/mol. The molecule has 2 aliphatic heterocycles. The van der Waals surface area contributed by atoms with Crippen molar-refractivity contribution in [3.05, 3.63) is 70.5 Å². The van der Waals surface area contributed by atoms with E-state index in [-0.39, 0.29) is 11.9 Å². The molecule has 0 saturated carbocycles. The van der Waals surface area contributed by atoms with Gasteiger partial charge in [-0.25, -0.2) is 4.68 Å². The van der Waals surface area contributed by atoms with E-state index in [1.54, 1.807) is 11.0 Å². The predicted octanol–water partition coefficient (Wildman–Crippen LogP) is 1.75. The van der Waals surface area contributed by atoms with Crippen LogP contribution in [0.1, 0.15) is 34.7 Å². The molecular formula is C26H30N6O3. The third-order valence-corrected chi connectivity index (χ3v) is 7.02. The number of piperazine rings is 1. The highest BCUT2D eigenvalue weighted by molar-refractivity contribution is 5.79. The van der Waals surface area contributed by atoms with Crippen molar-refractivity contribution in [1.29, 1.82) is 0 Å². The summed E-state index contributed by atoms with van der Waals surface area (Å²) in [5, 5.41) is 11.2. The molecule has 0 radical (unpaired) electrons. The van der Waals surface area contributed by atoms with Crippen molar-refractivity contribution in [3.8, 4) is 5.69 Å². The predicted molar refractivity (Wildman–Crippen MR) is 129 cm³/mol. The summed E-state index contributed by atoms with van der Waals surface area (Å²) in [5.41, 5.74) is 6.83. The third-order valence-electron chi connectivity index (χ3n) is 7.02. The first-order valence-corrected chi connectivity index (χ1v) is 12.2. The van der Waals surface area contributed by atoms with Crippen molar-refractivity contribution >= 4 is 11.9 Å². The van der Waals surface area contributed by atoms with Gasteiger partial charge in [-0.15, -0.1) is 5.10 Å². The molecule has 0 N–H and O–H groups in total. The van der Waals surface area contributed by atoms with E-state index in [1.165, 1.54) is 16.7 Å². The molecule has 0 aliphatic carbocycles. The summed E-state index contributed by atoms with van der Waals surface area (Å²) >= 11 is 0. The van der Waals surface area contributed by atoms with Crippen LogP contribution in [0.15, 0.2) is 42.7 Å². The molecule has 2 aromatic carbocycles. The molecule has 182 valence electrons. The first-order chi connectivity index (χ1) is 17.1. The number of esters is 1. The standard InChI is InChI=1S/C26H30N6O3/c1-2-23-20(5-6-21-16-26(34)35-17-24(21)23)9-10-30-11-13-31(14-12-30)25(33)15-19-3-7-22(8-4-19)32-18-27-28-29-32/h3-8,18H,2,9-17H2,1H3. The van der Waals surface area contributed by atoms with Crippen LogP contribution in [-0.4, -0.2) is 74.6 Å². The van der Waals surface area contributed by atoms with E-state index in [0.717, 1.165) is 62.4 Å². The van der Waals surface area contributed by atoms with E-state index in [9.17, 15) is 9.59 Å². The smallest absolute Gasteiger partial charge is 0.310 e. The molecule has 3 heterocycles. The summed E-state index contributed by atoms with van der Waals surface area (Å²) < 4.78 is 6.89. The van der Waals surface area contributed by atoms with E-state index >= 15 is 0 Å². The van der Waals surface area contributed by atoms with E-state index in [2.05, 4.69) is 39.5 Å². The summed E-state index contributed by atoms with van der Waals surface area (Å²) in [4.78, 5) is 28.9. The quantitative estimate of drug-likeness (QED) is 0.482. The van der Waals surface area contributed by atoms with Gasteiger partial charge >= 0.3 is 5.97 Å². The molecule has 2 aliphatic rings. The van der Waals surface area contributed by atoms with Crippen LogP contribution < -0.4 is 0 Å². The maximum atomic E-state index is 12.8. The van der Waals surface area contributed by atoms with Gasteiger partial charge in [0.25, 0.3) is 0 Å². The van der Waals surface area contributed by atoms with E-state index in [1.807, 2.05) is 29.2 Å². The highest BCUT2D eigenvalue weighted by Crippen LogP contribution is 2.26. The van der Waals surface area contributed by atoms with E-state index < -0.39 is 0 Å². The Morgan fingerprint density at radius 1 is 1.06 bits per heavy atom. The van der Waals surface area contributed by atoms with Crippen molar-refractivity contribution in [3.63, 3.8) is 0 Å². The van der Waals surface area contributed by atoms with Crippen LogP contribution in [0, 0.1) is 0 Å². The van der Waals surface area contributed by atoms with Gasteiger partial charge in [-0.1, -0.05) is 31.2 Å². The number of benzene rings is 2. The fourth-order valence-electron chi connectivity index (χ4n) is 5.00. The highest BCUT2D eigenvalue weighted by atomic mass is 16.5. The van der Waals surface area contributed by atoms with Gasteiger partial charge in [0.15, 0.2) is 0 Å². The molecule has 9 nitrogen and oxygen atoms in total. The molecule has 9 heteroatoms. The van der Waals surface area contributed by atoms with Crippen molar-refractivity contribution in [2.45, 2.75) is 39.2 Å². The van der Waals surface area contributed by atoms with Crippen LogP contribution in [-0.2, 0) is 46.6 Å². The second-order valence-corrected chi connectivity index (χ2v) is 9.10. The number of carbonyl (C=O) groups excluding carboxylic acids is 2. The third kappa shape index (κ3) is 5.24. The maximum Gasteiger partial charge on any atom is 0.310 e. The molecule has 1 saturated heterocycles. The van der Waals surface area contributed by atoms with Crippen molar-refractivity contribution in [1.82, 2.24) is 30.0 Å². The number of fused-ring (bicyclic) bond motifs is 1. The van der Waals surface area contributed by atoms with Gasteiger partial charge in [-0.2, -0.15) is 0 Å². The van der Waals surface area contributed by atoms with Gasteiger partial charge in [0.2, 0.25) is 5.91 Å². The number of aromatic nitrogens is 4. The number of rotatable bonds is 7. The number of nitrogens with zero attached hydrogens (tertiary/aromatic N) is 6. The monoisotopic (exact) mass is 474 g/mol. The SMILES string of the molecule is CCc1c(CCN2CCN(C(=O)Cc3ccc(-n4cnnn4)cc3)CC2)ccc2c1COC(=O)C2. The summed E-state index contributed by atoms with van der Waals surface area (Å²) in [6, 6.07) is 12.0. The normalized spacial score (nSPS) is 16.1. The zero-order valence-corrected chi connectivity index (χ0v) is 20.0. The topological polar surface area (TPSA) is 93.5 Å². The minimum Gasteiger partial charge on any atom is -0.461 e. The summed E-state index contributed by atoms with van der Waals surface area (Å²) in [6.07, 6.45) is 4.23. The molecule has 0 spiro atoms. The van der Waals surface area contributed by atoms with E-state index in [4.69, 9.17) is 4.74 Å². The number of carbonyl (C=O) groups is 2. The Hall–Kier alpha value is -3.59. The summed E-state index contributed by atoms with van der Waals surface area (Å²) in [6.45, 7) is 6.80. The molecule has 0 unspecified atom stereocenters. The van der Waals surface area contributed by atoms with Crippen LogP contribution in [0.4, 0.5) is 0 Å². The number of amides is 1. The number of ether oxygens (including phenoxy) is 1. The van der Waals surface area contributed by atoms with E-state index in [0.29, 0.717) is 19.4 Å². The molecule has 5 rings (SSSR count). The molecule has 0 atom stereocenters. The van der Waals surface area contributed by atoms with Gasteiger partial charge in [-0.3, -0.25) is 14.5 Å². The molecule has 1 fully saturated rings. The van der Waals surface area contributed by atoms with Gasteiger partial charge in [-0.05, 0) is 63.2 Å². The minimum absolute atomic E-state index is 0.138. The Labute approximate surface area is 204 Å². The Balaban J connectivity index is 1.11. The summed E-state index contributed by atoms with van der Waals surface area (Å²) in [5.74, 6) is 0.0263. The lowest BCUT2D eigenvalue weighted by atomic mass is 9.90. The minimum atomic E-state index is -0.138. The molecule has 0 bridgehead atoms. The first kappa shape index (κ1) is 23.2. The van der Waals surface area contributed by atoms with Gasteiger partial charge in [0.05, 0.1) is 18.5 Å². The fraction of sp³-hybridized carbons (Fsp3) is 0.423. The largest absolute Gasteiger partial charge is 0.461 e. The van der Waals surface area contributed by atoms with Crippen LogP contribution in [0.5, 0.6) is 0 Å². The first-order valence-electron chi connectivity index (χ1n) is 12.2. The zero-order valence-electron chi connectivity index (χ0n) is 20.0. The number of hydrogen-bond acceptors (Lipinski definition) is 7. The number of cyclic esters (lactones) is 1. The molecular weight excluding hydrogens is 444 g/mol. The zero-order chi connectivity index (χ0) is 24.2. The van der Waals surface area contributed by atoms with Gasteiger partial charge in [0.1, 0.15) is 12.9 Å². The second kappa shape index (κ2) is 10.4. The molecule has 1 amide bonds. The lowest BCUT2D eigenvalue weighted by molar-refractivity contribution is -0.145. The Bertz CT molecular complexity index is 1180. The summed E-state index contributed by atoms with van der Waals surface area (Å²) in [7, 11) is 0. The molecule has 35 heavy (non-hydrogen) atoms. The lowest BCUT2D eigenvalue weighted by Gasteiger charge is -2.35. The Morgan fingerprint density at radius 2 is 1.86 bits per heavy atom. The Kier molecular flexibility index (Phi) is 6.85. The average Bonchev–Trinajstić information content (AvgIpc) is 3.43. The van der Waals surface area contributed by atoms with Crippen LogP contribution >= 0.6 is 0 Å². The maximum absolute atomic E-state index is 12.8. The van der Waals surface area contributed by atoms with Gasteiger partial charge in [0, 0.05) is 32.7 Å². The number of hydrogen-bond donors (Lipinski definition) is 0.